The second-order valence-electron chi connectivity index (χ2n) is 8.18. The molecular formula is C19H20F3NO4. The Hall–Kier alpha value is -1.80. The minimum absolute atomic E-state index is 0.0642. The number of ketones is 1. The van der Waals surface area contributed by atoms with Crippen molar-refractivity contribution in [1.82, 2.24) is 4.90 Å². The van der Waals surface area contributed by atoms with Crippen LogP contribution in [0.5, 0.6) is 11.5 Å². The van der Waals surface area contributed by atoms with Crippen molar-refractivity contribution in [2.24, 2.45) is 0 Å². The van der Waals surface area contributed by atoms with Crippen molar-refractivity contribution in [2.75, 3.05) is 13.1 Å². The molecule has 1 aromatic carbocycles. The maximum atomic E-state index is 12.8. The Morgan fingerprint density at radius 1 is 1.30 bits per heavy atom. The van der Waals surface area contributed by atoms with Crippen molar-refractivity contribution in [2.45, 2.75) is 61.4 Å². The molecule has 2 heterocycles. The lowest BCUT2D eigenvalue weighted by Gasteiger charge is -2.62. The van der Waals surface area contributed by atoms with E-state index in [0.29, 0.717) is 24.9 Å². The van der Waals surface area contributed by atoms with Crippen molar-refractivity contribution in [1.29, 1.82) is 0 Å². The van der Waals surface area contributed by atoms with Crippen LogP contribution in [0.15, 0.2) is 12.1 Å². The monoisotopic (exact) mass is 383 g/mol. The highest BCUT2D eigenvalue weighted by molar-refractivity contribution is 5.90. The van der Waals surface area contributed by atoms with Crippen LogP contribution in [0.3, 0.4) is 0 Å². The van der Waals surface area contributed by atoms with E-state index in [9.17, 15) is 28.2 Å². The SMILES string of the molecule is O=C1CC[C@@]2(O)[C@H]3Cc4ccc(O)c5c4[C@@]2(CCN3CCC(F)(F)F)[C@H]1O5. The largest absolute Gasteiger partial charge is 0.504 e. The molecule has 0 aromatic heterocycles. The Kier molecular flexibility index (Phi) is 3.31. The predicted octanol–water partition coefficient (Wildman–Crippen LogP) is 2.07. The number of nitrogens with zero attached hydrogens (tertiary/aromatic N) is 1. The summed E-state index contributed by atoms with van der Waals surface area (Å²) >= 11 is 0. The lowest BCUT2D eigenvalue weighted by Crippen LogP contribution is -2.76. The number of aliphatic hydroxyl groups is 1. The molecule has 2 aliphatic carbocycles. The molecule has 0 amide bonds. The molecule has 5 rings (SSSR count). The molecule has 5 nitrogen and oxygen atoms in total. The lowest BCUT2D eigenvalue weighted by molar-refractivity contribution is -0.194. The maximum absolute atomic E-state index is 12.8. The van der Waals surface area contributed by atoms with Crippen molar-refractivity contribution in [3.63, 3.8) is 0 Å². The molecule has 2 fully saturated rings. The summed E-state index contributed by atoms with van der Waals surface area (Å²) in [6, 6.07) is 2.73. The maximum Gasteiger partial charge on any atom is 0.390 e. The Balaban J connectivity index is 1.64. The number of rotatable bonds is 2. The third-order valence-electron chi connectivity index (χ3n) is 7.05. The van der Waals surface area contributed by atoms with Gasteiger partial charge in [-0.25, -0.2) is 0 Å². The first-order chi connectivity index (χ1) is 12.7. The van der Waals surface area contributed by atoms with E-state index in [1.165, 1.54) is 6.07 Å². The molecular weight excluding hydrogens is 363 g/mol. The number of hydrogen-bond acceptors (Lipinski definition) is 5. The summed E-state index contributed by atoms with van der Waals surface area (Å²) in [6.45, 7) is 0.178. The topological polar surface area (TPSA) is 70.0 Å². The van der Waals surface area contributed by atoms with Gasteiger partial charge in [0, 0.05) is 24.6 Å². The minimum Gasteiger partial charge on any atom is -0.504 e. The first kappa shape index (κ1) is 17.3. The molecule has 8 heteroatoms. The van der Waals surface area contributed by atoms with Gasteiger partial charge in [-0.05, 0) is 37.4 Å². The Morgan fingerprint density at radius 3 is 2.81 bits per heavy atom. The number of halogens is 3. The average molecular weight is 383 g/mol. The third kappa shape index (κ3) is 2.05. The summed E-state index contributed by atoms with van der Waals surface area (Å²) < 4.78 is 44.2. The highest BCUT2D eigenvalue weighted by Gasteiger charge is 2.73. The number of likely N-dealkylation sites (tertiary alicyclic amines) is 1. The van der Waals surface area contributed by atoms with Gasteiger partial charge in [-0.2, -0.15) is 13.2 Å². The van der Waals surface area contributed by atoms with Crippen LogP contribution in [0, 0.1) is 0 Å². The van der Waals surface area contributed by atoms with Gasteiger partial charge in [0.2, 0.25) is 0 Å². The lowest BCUT2D eigenvalue weighted by atomic mass is 9.49. The molecule has 1 spiro atoms. The van der Waals surface area contributed by atoms with Crippen LogP contribution in [0.4, 0.5) is 13.2 Å². The summed E-state index contributed by atoms with van der Waals surface area (Å²) in [7, 11) is 0. The number of aromatic hydroxyl groups is 1. The summed E-state index contributed by atoms with van der Waals surface area (Å²) in [5.41, 5.74) is -0.800. The molecule has 1 saturated carbocycles. The molecule has 0 unspecified atom stereocenters. The number of phenols is 1. The van der Waals surface area contributed by atoms with Crippen LogP contribution in [-0.2, 0) is 16.6 Å². The second kappa shape index (κ2) is 5.17. The predicted molar refractivity (Wildman–Crippen MR) is 87.7 cm³/mol. The molecule has 0 radical (unpaired) electrons. The fraction of sp³-hybridized carbons (Fsp3) is 0.632. The first-order valence-electron chi connectivity index (χ1n) is 9.25. The quantitative estimate of drug-likeness (QED) is 0.818. The number of piperidine rings is 1. The minimum atomic E-state index is -4.26. The summed E-state index contributed by atoms with van der Waals surface area (Å²) in [5, 5.41) is 22.0. The number of ether oxygens (including phenoxy) is 1. The van der Waals surface area contributed by atoms with Crippen molar-refractivity contribution in [3.8, 4) is 11.5 Å². The molecule has 146 valence electrons. The standard InChI is InChI=1S/C19H20F3NO4/c20-19(21,22)6-8-23-7-5-17-14-10-1-2-11(24)15(14)27-16(17)12(25)3-4-18(17,26)13(23)9-10/h1-2,13,16,24,26H,3-9H2/t13-,16+,17+,18-/m1/s1. The van der Waals surface area contributed by atoms with Gasteiger partial charge >= 0.3 is 6.18 Å². The van der Waals surface area contributed by atoms with Crippen molar-refractivity contribution in [3.05, 3.63) is 23.3 Å². The number of benzene rings is 1. The summed E-state index contributed by atoms with van der Waals surface area (Å²) in [6.07, 6.45) is -5.04. The zero-order chi connectivity index (χ0) is 19.2. The van der Waals surface area contributed by atoms with E-state index in [0.717, 1.165) is 5.56 Å². The van der Waals surface area contributed by atoms with Crippen LogP contribution < -0.4 is 4.74 Å². The Labute approximate surface area is 153 Å². The number of carbonyl (C=O) groups excluding carboxylic acids is 1. The van der Waals surface area contributed by atoms with Crippen molar-refractivity contribution >= 4 is 5.78 Å². The van der Waals surface area contributed by atoms with Crippen molar-refractivity contribution < 1.29 is 32.9 Å². The van der Waals surface area contributed by atoms with Gasteiger partial charge in [-0.3, -0.25) is 9.69 Å². The van der Waals surface area contributed by atoms with Gasteiger partial charge < -0.3 is 14.9 Å². The van der Waals surface area contributed by atoms with E-state index in [-0.39, 0.29) is 36.7 Å². The number of alkyl halides is 3. The summed E-state index contributed by atoms with van der Waals surface area (Å²) in [4.78, 5) is 14.4. The van der Waals surface area contributed by atoms with Crippen LogP contribution >= 0.6 is 0 Å². The van der Waals surface area contributed by atoms with Gasteiger partial charge in [0.25, 0.3) is 0 Å². The number of phenolic OH excluding ortho intramolecular Hbond substituents is 1. The smallest absolute Gasteiger partial charge is 0.390 e. The van der Waals surface area contributed by atoms with Gasteiger partial charge in [0.1, 0.15) is 0 Å². The molecule has 1 aromatic rings. The van der Waals surface area contributed by atoms with Gasteiger partial charge in [0.15, 0.2) is 23.4 Å². The van der Waals surface area contributed by atoms with E-state index >= 15 is 0 Å². The zero-order valence-electron chi connectivity index (χ0n) is 14.6. The first-order valence-corrected chi connectivity index (χ1v) is 9.25. The highest BCUT2D eigenvalue weighted by Crippen LogP contribution is 2.64. The van der Waals surface area contributed by atoms with Crippen LogP contribution in [0.25, 0.3) is 0 Å². The van der Waals surface area contributed by atoms with Crippen LogP contribution in [0.2, 0.25) is 0 Å². The summed E-state index contributed by atoms with van der Waals surface area (Å²) in [5.74, 6) is 0.0737. The van der Waals surface area contributed by atoms with E-state index in [1.807, 2.05) is 0 Å². The highest BCUT2D eigenvalue weighted by atomic mass is 19.4. The zero-order valence-corrected chi connectivity index (χ0v) is 14.6. The number of carbonyl (C=O) groups is 1. The van der Waals surface area contributed by atoms with Crippen LogP contribution in [0.1, 0.15) is 36.8 Å². The molecule has 4 atom stereocenters. The second-order valence-corrected chi connectivity index (χ2v) is 8.18. The van der Waals surface area contributed by atoms with E-state index in [4.69, 9.17) is 4.74 Å². The number of Topliss-reactive ketones (excluding diaryl/α,β-unsaturated/α-hetero) is 1. The molecule has 2 aliphatic heterocycles. The van der Waals surface area contributed by atoms with E-state index < -0.39 is 35.8 Å². The third-order valence-corrected chi connectivity index (χ3v) is 7.05. The molecule has 4 aliphatic rings. The molecule has 2 N–H and O–H groups in total. The van der Waals surface area contributed by atoms with Gasteiger partial charge in [-0.15, -0.1) is 0 Å². The fourth-order valence-corrected chi connectivity index (χ4v) is 5.95. The van der Waals surface area contributed by atoms with E-state index in [1.54, 1.807) is 11.0 Å². The fourth-order valence-electron chi connectivity index (χ4n) is 5.95. The molecule has 2 bridgehead atoms. The Morgan fingerprint density at radius 2 is 2.07 bits per heavy atom. The van der Waals surface area contributed by atoms with E-state index in [2.05, 4.69) is 0 Å². The van der Waals surface area contributed by atoms with Gasteiger partial charge in [-0.1, -0.05) is 6.07 Å². The number of hydrogen-bond donors (Lipinski definition) is 2. The normalized spacial score (nSPS) is 37.1. The Bertz CT molecular complexity index is 841. The average Bonchev–Trinajstić information content (AvgIpc) is 2.94. The molecule has 27 heavy (non-hydrogen) atoms. The van der Waals surface area contributed by atoms with Crippen LogP contribution in [-0.4, -0.2) is 57.9 Å². The van der Waals surface area contributed by atoms with Gasteiger partial charge in [0.05, 0.1) is 17.4 Å². The molecule has 1 saturated heterocycles.